The van der Waals surface area contributed by atoms with E-state index in [2.05, 4.69) is 20.3 Å². The van der Waals surface area contributed by atoms with Gasteiger partial charge in [-0.05, 0) is 42.8 Å². The molecular formula is C23H19N5O4. The summed E-state index contributed by atoms with van der Waals surface area (Å²) in [6.07, 6.45) is 3.86. The standard InChI is InChI=1S/C23H19N5O4/c1-14-4-2-6-17(25-14)9-8-15-5-3-7-18(10-15)24-13-16-11-19(28(31)32)12-20-21(16)27-23(30)22(29)26-20/h2-12,24H,13H2,1H3,(H,26,29)(H,27,30). The molecule has 0 aliphatic heterocycles. The number of aryl methyl sites for hydroxylation is 1. The van der Waals surface area contributed by atoms with E-state index in [-0.39, 0.29) is 17.7 Å². The minimum Gasteiger partial charge on any atom is -0.381 e. The van der Waals surface area contributed by atoms with Gasteiger partial charge in [-0.25, -0.2) is 0 Å². The van der Waals surface area contributed by atoms with Crippen LogP contribution in [0.3, 0.4) is 0 Å². The number of non-ortho nitro benzene ring substituents is 1. The van der Waals surface area contributed by atoms with E-state index in [0.29, 0.717) is 11.1 Å². The van der Waals surface area contributed by atoms with E-state index >= 15 is 0 Å². The van der Waals surface area contributed by atoms with E-state index < -0.39 is 16.0 Å². The number of aromatic nitrogens is 3. The first-order valence-electron chi connectivity index (χ1n) is 9.78. The van der Waals surface area contributed by atoms with E-state index in [1.807, 2.05) is 61.5 Å². The van der Waals surface area contributed by atoms with E-state index in [9.17, 15) is 19.7 Å². The van der Waals surface area contributed by atoms with Crippen LogP contribution in [0, 0.1) is 17.0 Å². The van der Waals surface area contributed by atoms with E-state index in [1.54, 1.807) is 0 Å². The van der Waals surface area contributed by atoms with Gasteiger partial charge in [-0.3, -0.25) is 24.7 Å². The van der Waals surface area contributed by atoms with Crippen LogP contribution in [0.15, 0.2) is 64.2 Å². The van der Waals surface area contributed by atoms with Gasteiger partial charge in [0, 0.05) is 35.6 Å². The van der Waals surface area contributed by atoms with Gasteiger partial charge in [0.2, 0.25) is 0 Å². The summed E-state index contributed by atoms with van der Waals surface area (Å²) in [5.41, 5.74) is 2.68. The Bertz CT molecular complexity index is 1470. The van der Waals surface area contributed by atoms with Gasteiger partial charge in [-0.1, -0.05) is 24.3 Å². The zero-order chi connectivity index (χ0) is 22.7. The van der Waals surface area contributed by atoms with Crippen molar-refractivity contribution < 1.29 is 4.92 Å². The predicted octanol–water partition coefficient (Wildman–Crippen LogP) is 3.61. The second-order valence-electron chi connectivity index (χ2n) is 7.21. The second kappa shape index (κ2) is 8.68. The number of H-pyrrole nitrogens is 2. The summed E-state index contributed by atoms with van der Waals surface area (Å²) in [5, 5.41) is 14.5. The van der Waals surface area contributed by atoms with Gasteiger partial charge in [-0.15, -0.1) is 0 Å². The molecule has 0 aliphatic rings. The molecule has 0 bridgehead atoms. The Kier molecular flexibility index (Phi) is 5.63. The number of rotatable bonds is 6. The molecule has 0 atom stereocenters. The smallest absolute Gasteiger partial charge is 0.314 e. The molecule has 2 aromatic heterocycles. The van der Waals surface area contributed by atoms with Gasteiger partial charge in [0.15, 0.2) is 0 Å². The molecule has 0 saturated carbocycles. The average molecular weight is 429 g/mol. The molecule has 0 spiro atoms. The van der Waals surface area contributed by atoms with Gasteiger partial charge >= 0.3 is 11.1 Å². The topological polar surface area (TPSA) is 134 Å². The maximum atomic E-state index is 11.8. The third-order valence-electron chi connectivity index (χ3n) is 4.83. The Morgan fingerprint density at radius 1 is 1.03 bits per heavy atom. The third kappa shape index (κ3) is 4.62. The maximum Gasteiger partial charge on any atom is 0.314 e. The lowest BCUT2D eigenvalue weighted by Crippen LogP contribution is -2.29. The fraction of sp³-hybridized carbons (Fsp3) is 0.0870. The van der Waals surface area contributed by atoms with E-state index in [1.165, 1.54) is 12.1 Å². The molecule has 0 aliphatic carbocycles. The molecule has 32 heavy (non-hydrogen) atoms. The largest absolute Gasteiger partial charge is 0.381 e. The first-order valence-corrected chi connectivity index (χ1v) is 9.78. The molecule has 0 amide bonds. The Morgan fingerprint density at radius 3 is 2.59 bits per heavy atom. The van der Waals surface area contributed by atoms with E-state index in [0.717, 1.165) is 22.6 Å². The fourth-order valence-electron chi connectivity index (χ4n) is 3.31. The number of benzene rings is 2. The van der Waals surface area contributed by atoms with Gasteiger partial charge in [0.1, 0.15) is 0 Å². The van der Waals surface area contributed by atoms with Gasteiger partial charge < -0.3 is 15.3 Å². The molecule has 0 fully saturated rings. The summed E-state index contributed by atoms with van der Waals surface area (Å²) in [5.74, 6) is 0. The Hall–Kier alpha value is -4.53. The third-order valence-corrected chi connectivity index (χ3v) is 4.83. The summed E-state index contributed by atoms with van der Waals surface area (Å²) in [6, 6.07) is 16.0. The lowest BCUT2D eigenvalue weighted by molar-refractivity contribution is -0.384. The van der Waals surface area contributed by atoms with Crippen molar-refractivity contribution in [3.8, 4) is 0 Å². The summed E-state index contributed by atoms with van der Waals surface area (Å²) in [4.78, 5) is 43.5. The number of hydrogen-bond acceptors (Lipinski definition) is 6. The number of fused-ring (bicyclic) bond motifs is 1. The first kappa shape index (κ1) is 20.7. The van der Waals surface area contributed by atoms with Gasteiger partial charge in [0.05, 0.1) is 21.7 Å². The normalized spacial score (nSPS) is 11.2. The predicted molar refractivity (Wildman–Crippen MR) is 124 cm³/mol. The van der Waals surface area contributed by atoms with Gasteiger partial charge in [-0.2, -0.15) is 0 Å². The summed E-state index contributed by atoms with van der Waals surface area (Å²) < 4.78 is 0. The maximum absolute atomic E-state index is 11.8. The van der Waals surface area contributed by atoms with Crippen LogP contribution in [0.2, 0.25) is 0 Å². The number of pyridine rings is 1. The van der Waals surface area contributed by atoms with E-state index in [4.69, 9.17) is 0 Å². The van der Waals surface area contributed by atoms with Crippen molar-refractivity contribution in [3.63, 3.8) is 0 Å². The SMILES string of the molecule is Cc1cccc(C=Cc2cccc(NCc3cc([N+](=O)[O-])cc4[nH]c(=O)c(=O)[nH]c34)c2)n1. The Balaban J connectivity index is 1.60. The zero-order valence-electron chi connectivity index (χ0n) is 17.1. The van der Waals surface area contributed by atoms with Crippen molar-refractivity contribution >= 4 is 34.6 Å². The summed E-state index contributed by atoms with van der Waals surface area (Å²) in [7, 11) is 0. The first-order chi connectivity index (χ1) is 15.4. The Labute approximate surface area is 181 Å². The average Bonchev–Trinajstić information content (AvgIpc) is 2.77. The molecule has 2 aromatic carbocycles. The van der Waals surface area contributed by atoms with Crippen LogP contribution in [-0.2, 0) is 6.54 Å². The van der Waals surface area contributed by atoms with Crippen LogP contribution in [0.25, 0.3) is 23.2 Å². The van der Waals surface area contributed by atoms with Crippen LogP contribution < -0.4 is 16.4 Å². The molecule has 0 radical (unpaired) electrons. The highest BCUT2D eigenvalue weighted by Gasteiger charge is 2.14. The molecule has 4 aromatic rings. The zero-order valence-corrected chi connectivity index (χ0v) is 17.1. The molecule has 9 heteroatoms. The molecule has 0 unspecified atom stereocenters. The number of anilines is 1. The molecule has 2 heterocycles. The van der Waals surface area contributed by atoms with Crippen LogP contribution in [0.5, 0.6) is 0 Å². The molecule has 3 N–H and O–H groups in total. The highest BCUT2D eigenvalue weighted by molar-refractivity contribution is 5.81. The number of nitro benzene ring substituents is 1. The fourth-order valence-corrected chi connectivity index (χ4v) is 3.31. The van der Waals surface area contributed by atoms with Crippen molar-refractivity contribution in [2.24, 2.45) is 0 Å². The van der Waals surface area contributed by atoms with Crippen LogP contribution in [-0.4, -0.2) is 19.9 Å². The summed E-state index contributed by atoms with van der Waals surface area (Å²) in [6.45, 7) is 2.13. The van der Waals surface area contributed by atoms with Crippen molar-refractivity contribution in [1.29, 1.82) is 0 Å². The molecule has 9 nitrogen and oxygen atoms in total. The van der Waals surface area contributed by atoms with Crippen LogP contribution >= 0.6 is 0 Å². The number of nitrogens with zero attached hydrogens (tertiary/aromatic N) is 2. The van der Waals surface area contributed by atoms with Crippen molar-refractivity contribution in [3.05, 3.63) is 108 Å². The quantitative estimate of drug-likeness (QED) is 0.244. The molecule has 4 rings (SSSR count). The molecule has 160 valence electrons. The highest BCUT2D eigenvalue weighted by atomic mass is 16.6. The number of nitrogens with one attached hydrogen (secondary N) is 3. The number of aromatic amines is 2. The highest BCUT2D eigenvalue weighted by Crippen LogP contribution is 2.23. The minimum absolute atomic E-state index is 0.181. The van der Waals surface area contributed by atoms with Crippen molar-refractivity contribution in [1.82, 2.24) is 15.0 Å². The van der Waals surface area contributed by atoms with Crippen LogP contribution in [0.4, 0.5) is 11.4 Å². The lowest BCUT2D eigenvalue weighted by atomic mass is 10.1. The second-order valence-corrected chi connectivity index (χ2v) is 7.21. The van der Waals surface area contributed by atoms with Crippen molar-refractivity contribution in [2.75, 3.05) is 5.32 Å². The van der Waals surface area contributed by atoms with Crippen LogP contribution in [0.1, 0.15) is 22.5 Å². The monoisotopic (exact) mass is 429 g/mol. The number of hydrogen-bond donors (Lipinski definition) is 3. The van der Waals surface area contributed by atoms with Gasteiger partial charge in [0.25, 0.3) is 5.69 Å². The summed E-state index contributed by atoms with van der Waals surface area (Å²) >= 11 is 0. The Morgan fingerprint density at radius 2 is 1.81 bits per heavy atom. The molecule has 0 saturated heterocycles. The minimum atomic E-state index is -0.862. The number of nitro groups is 1. The molecular weight excluding hydrogens is 410 g/mol. The lowest BCUT2D eigenvalue weighted by Gasteiger charge is -2.10. The van der Waals surface area contributed by atoms with Crippen molar-refractivity contribution in [2.45, 2.75) is 13.5 Å².